The number of ether oxygens (including phenoxy) is 2. The third kappa shape index (κ3) is 5.36. The Balaban J connectivity index is 1.56. The summed E-state index contributed by atoms with van der Waals surface area (Å²) in [6.07, 6.45) is 0.341. The van der Waals surface area contributed by atoms with Gasteiger partial charge in [0.15, 0.2) is 16.1 Å². The molecule has 0 bridgehead atoms. The Labute approximate surface area is 189 Å². The van der Waals surface area contributed by atoms with Gasteiger partial charge in [0.2, 0.25) is 0 Å². The molecule has 1 atom stereocenters. The number of nitrogens with zero attached hydrogens (tertiary/aromatic N) is 3. The smallest absolute Gasteiger partial charge is 0.420 e. The third-order valence-corrected chi connectivity index (χ3v) is 6.35. The Hall–Kier alpha value is -2.92. The van der Waals surface area contributed by atoms with Crippen molar-refractivity contribution >= 4 is 9.84 Å². The molecule has 1 saturated heterocycles. The second kappa shape index (κ2) is 9.14. The highest BCUT2D eigenvalue weighted by atomic mass is 32.2. The fourth-order valence-electron chi connectivity index (χ4n) is 3.60. The number of alkyl halides is 3. The minimum atomic E-state index is -4.59. The van der Waals surface area contributed by atoms with Gasteiger partial charge in [0.1, 0.15) is 23.6 Å². The number of pyridine rings is 1. The van der Waals surface area contributed by atoms with Gasteiger partial charge < -0.3 is 9.47 Å². The fourth-order valence-corrected chi connectivity index (χ4v) is 4.29. The summed E-state index contributed by atoms with van der Waals surface area (Å²) in [5.41, 5.74) is -0.299. The molecule has 3 heterocycles. The zero-order valence-corrected chi connectivity index (χ0v) is 18.6. The van der Waals surface area contributed by atoms with Crippen molar-refractivity contribution in [3.05, 3.63) is 59.9 Å². The molecule has 7 nitrogen and oxygen atoms in total. The largest absolute Gasteiger partial charge is 0.487 e. The minimum Gasteiger partial charge on any atom is -0.487 e. The summed E-state index contributed by atoms with van der Waals surface area (Å²) < 4.78 is 76.8. The molecule has 176 valence electrons. The Morgan fingerprint density at radius 2 is 2.00 bits per heavy atom. The zero-order valence-electron chi connectivity index (χ0n) is 17.7. The lowest BCUT2D eigenvalue weighted by Gasteiger charge is -2.24. The van der Waals surface area contributed by atoms with Crippen LogP contribution in [0.3, 0.4) is 0 Å². The van der Waals surface area contributed by atoms with Crippen molar-refractivity contribution in [3.63, 3.8) is 0 Å². The van der Waals surface area contributed by atoms with E-state index in [9.17, 15) is 21.6 Å². The maximum atomic E-state index is 13.6. The molecule has 1 aliphatic rings. The number of rotatable bonds is 6. The maximum absolute atomic E-state index is 13.6. The molecule has 1 fully saturated rings. The van der Waals surface area contributed by atoms with Crippen LogP contribution >= 0.6 is 0 Å². The van der Waals surface area contributed by atoms with E-state index in [-0.39, 0.29) is 22.9 Å². The number of sulfone groups is 1. The Kier molecular flexibility index (Phi) is 6.44. The number of hydrogen-bond acceptors (Lipinski definition) is 6. The molecule has 33 heavy (non-hydrogen) atoms. The molecule has 0 N–H and O–H groups in total. The highest BCUT2D eigenvalue weighted by Gasteiger charge is 2.38. The van der Waals surface area contributed by atoms with Crippen LogP contribution in [0.2, 0.25) is 0 Å². The Morgan fingerprint density at radius 1 is 1.18 bits per heavy atom. The van der Waals surface area contributed by atoms with E-state index in [1.165, 1.54) is 35.1 Å². The maximum Gasteiger partial charge on any atom is 0.420 e. The first-order valence-electron chi connectivity index (χ1n) is 10.3. The molecule has 1 aromatic carbocycles. The Bertz CT molecular complexity index is 1220. The summed E-state index contributed by atoms with van der Waals surface area (Å²) in [5, 5.41) is 3.96. The van der Waals surface area contributed by atoms with Crippen LogP contribution in [-0.4, -0.2) is 36.0 Å². The van der Waals surface area contributed by atoms with Gasteiger partial charge in [-0.05, 0) is 49.1 Å². The van der Waals surface area contributed by atoms with Crippen LogP contribution in [0.15, 0.2) is 53.7 Å². The predicted octanol–water partition coefficient (Wildman–Crippen LogP) is 4.65. The summed E-state index contributed by atoms with van der Waals surface area (Å²) in [6.45, 7) is 0.540. The van der Waals surface area contributed by atoms with Gasteiger partial charge in [0.05, 0.1) is 23.0 Å². The molecular weight excluding hydrogens is 459 g/mol. The Morgan fingerprint density at radius 3 is 2.64 bits per heavy atom. The zero-order chi connectivity index (χ0) is 23.6. The topological polar surface area (TPSA) is 83.3 Å². The quantitative estimate of drug-likeness (QED) is 0.510. The van der Waals surface area contributed by atoms with E-state index in [2.05, 4.69) is 10.1 Å². The monoisotopic (exact) mass is 481 g/mol. The van der Waals surface area contributed by atoms with Crippen LogP contribution < -0.4 is 4.74 Å². The van der Waals surface area contributed by atoms with Crippen LogP contribution in [0, 0.1) is 0 Å². The van der Waals surface area contributed by atoms with Crippen molar-refractivity contribution < 1.29 is 31.1 Å². The van der Waals surface area contributed by atoms with Crippen LogP contribution in [0.5, 0.6) is 5.75 Å². The number of benzene rings is 1. The van der Waals surface area contributed by atoms with Gasteiger partial charge in [-0.25, -0.2) is 13.1 Å². The van der Waals surface area contributed by atoms with Crippen molar-refractivity contribution in [3.8, 4) is 17.1 Å². The summed E-state index contributed by atoms with van der Waals surface area (Å²) in [6, 6.07) is 9.29. The van der Waals surface area contributed by atoms with Gasteiger partial charge in [0, 0.05) is 12.9 Å². The minimum absolute atomic E-state index is 0.0754. The van der Waals surface area contributed by atoms with Gasteiger partial charge in [-0.2, -0.15) is 18.3 Å². The van der Waals surface area contributed by atoms with Crippen molar-refractivity contribution in [2.45, 2.75) is 43.2 Å². The first kappa shape index (κ1) is 23.2. The summed E-state index contributed by atoms with van der Waals surface area (Å²) >= 11 is 0. The van der Waals surface area contributed by atoms with Crippen LogP contribution in [0.1, 0.15) is 36.6 Å². The molecule has 0 radical (unpaired) electrons. The van der Waals surface area contributed by atoms with Gasteiger partial charge >= 0.3 is 6.18 Å². The molecule has 0 amide bonds. The summed E-state index contributed by atoms with van der Waals surface area (Å²) in [4.78, 5) is 4.36. The van der Waals surface area contributed by atoms with Crippen LogP contribution in [0.4, 0.5) is 13.2 Å². The lowest BCUT2D eigenvalue weighted by Crippen LogP contribution is -2.20. The fraction of sp³-hybridized carbons (Fsp3) is 0.364. The SMILES string of the molecule is CS(=O)(=O)c1cccc(COc2ccc(-c3c(C(F)(F)F)cnn3C3CCCCO3)nc2)c1. The van der Waals surface area contributed by atoms with E-state index in [0.717, 1.165) is 25.3 Å². The highest BCUT2D eigenvalue weighted by Crippen LogP contribution is 2.39. The molecule has 2 aromatic heterocycles. The molecule has 0 saturated carbocycles. The average Bonchev–Trinajstić information content (AvgIpc) is 3.24. The van der Waals surface area contributed by atoms with E-state index >= 15 is 0 Å². The van der Waals surface area contributed by atoms with Crippen molar-refractivity contribution in [2.75, 3.05) is 12.9 Å². The lowest BCUT2D eigenvalue weighted by atomic mass is 10.1. The van der Waals surface area contributed by atoms with Crippen molar-refractivity contribution in [2.24, 2.45) is 0 Å². The number of hydrogen-bond donors (Lipinski definition) is 0. The van der Waals surface area contributed by atoms with Crippen molar-refractivity contribution in [1.29, 1.82) is 0 Å². The van der Waals surface area contributed by atoms with Crippen LogP contribution in [-0.2, 0) is 27.4 Å². The van der Waals surface area contributed by atoms with Gasteiger partial charge in [0.25, 0.3) is 0 Å². The average molecular weight is 481 g/mol. The standard InChI is InChI=1S/C22H22F3N3O4S/c1-33(29,30)17-6-4-5-15(11-17)14-32-16-8-9-19(26-12-16)21-18(22(23,24)25)13-27-28(21)20-7-2-3-10-31-20/h4-6,8-9,11-13,20H,2-3,7,10,14H2,1H3. The van der Waals surface area contributed by atoms with Crippen molar-refractivity contribution in [1.82, 2.24) is 14.8 Å². The first-order valence-corrected chi connectivity index (χ1v) is 12.2. The van der Waals surface area contributed by atoms with Crippen LogP contribution in [0.25, 0.3) is 11.4 Å². The third-order valence-electron chi connectivity index (χ3n) is 5.24. The first-order chi connectivity index (χ1) is 15.6. The van der Waals surface area contributed by atoms with Gasteiger partial charge in [-0.3, -0.25) is 4.98 Å². The van der Waals surface area contributed by atoms with E-state index in [4.69, 9.17) is 9.47 Å². The normalized spacial score (nSPS) is 17.2. The lowest BCUT2D eigenvalue weighted by molar-refractivity contribution is -0.137. The van der Waals surface area contributed by atoms with E-state index < -0.39 is 27.8 Å². The van der Waals surface area contributed by atoms with E-state index in [1.54, 1.807) is 12.1 Å². The number of aromatic nitrogens is 3. The summed E-state index contributed by atoms with van der Waals surface area (Å²) in [5.74, 6) is 0.331. The molecule has 0 spiro atoms. The molecular formula is C22H22F3N3O4S. The molecule has 11 heteroatoms. The highest BCUT2D eigenvalue weighted by molar-refractivity contribution is 7.90. The molecule has 1 aliphatic heterocycles. The summed E-state index contributed by atoms with van der Waals surface area (Å²) in [7, 11) is -3.35. The van der Waals surface area contributed by atoms with Gasteiger partial charge in [-0.15, -0.1) is 0 Å². The molecule has 0 aliphatic carbocycles. The van der Waals surface area contributed by atoms with E-state index in [1.807, 2.05) is 0 Å². The molecule has 4 rings (SSSR count). The number of halogens is 3. The second-order valence-electron chi connectivity index (χ2n) is 7.76. The predicted molar refractivity (Wildman–Crippen MR) is 113 cm³/mol. The van der Waals surface area contributed by atoms with E-state index in [0.29, 0.717) is 24.3 Å². The molecule has 3 aromatic rings. The van der Waals surface area contributed by atoms with Gasteiger partial charge in [-0.1, -0.05) is 12.1 Å². The second-order valence-corrected chi connectivity index (χ2v) is 9.77. The molecule has 1 unspecified atom stereocenters.